The maximum absolute atomic E-state index is 12.6. The van der Waals surface area contributed by atoms with Gasteiger partial charge in [-0.3, -0.25) is 28.8 Å². The van der Waals surface area contributed by atoms with Gasteiger partial charge in [0, 0.05) is 62.5 Å². The van der Waals surface area contributed by atoms with E-state index < -0.39 is 46.9 Å². The number of nitrogens with zero attached hydrogens (tertiary/aromatic N) is 4. The van der Waals surface area contributed by atoms with Crippen molar-refractivity contribution in [2.75, 3.05) is 0 Å². The molecule has 2 aliphatic heterocycles. The van der Waals surface area contributed by atoms with Crippen LogP contribution in [0.2, 0.25) is 0 Å². The van der Waals surface area contributed by atoms with E-state index in [0.29, 0.717) is 72.8 Å². The molecule has 0 fully saturated rings. The van der Waals surface area contributed by atoms with Crippen molar-refractivity contribution in [1.29, 1.82) is 0 Å². The van der Waals surface area contributed by atoms with Gasteiger partial charge in [-0.1, -0.05) is 25.7 Å². The number of imidazole rings is 2. The molecule has 2 aromatic rings. The summed E-state index contributed by atoms with van der Waals surface area (Å²) < 4.78 is 9.29. The molecule has 0 aliphatic carbocycles. The number of thioether (sulfide) groups is 2. The Hall–Kier alpha value is -3.46. The molecule has 15 heteroatoms. The minimum absolute atomic E-state index is 0.0965. The topological polar surface area (TPSA) is 166 Å². The zero-order chi connectivity index (χ0) is 33.0. The molecule has 13 nitrogen and oxygen atoms in total. The summed E-state index contributed by atoms with van der Waals surface area (Å²) >= 11 is 3.16. The lowest BCUT2D eigenvalue weighted by molar-refractivity contribution is -0.159. The largest absolute Gasteiger partial charge is 0.393 e. The summed E-state index contributed by atoms with van der Waals surface area (Å²) in [5.74, 6) is -1.89. The lowest BCUT2D eigenvalue weighted by atomic mass is 10.1. The maximum atomic E-state index is 12.6. The number of carbonyl (C=O) groups is 6. The predicted octanol–water partition coefficient (Wildman–Crippen LogP) is 4.50. The number of rotatable bonds is 12. The number of aromatic nitrogens is 4. The highest BCUT2D eigenvalue weighted by Crippen LogP contribution is 2.45. The van der Waals surface area contributed by atoms with Crippen molar-refractivity contribution in [2.24, 2.45) is 0 Å². The summed E-state index contributed by atoms with van der Waals surface area (Å²) in [5.41, 5.74) is 1.10. The van der Waals surface area contributed by atoms with E-state index in [0.717, 1.165) is 31.1 Å². The van der Waals surface area contributed by atoms with Gasteiger partial charge >= 0.3 is 23.3 Å². The number of hydrogen-bond acceptors (Lipinski definition) is 11. The van der Waals surface area contributed by atoms with Gasteiger partial charge in [-0.05, 0) is 25.7 Å². The standard InChI is InChI=1S/C30H38N4O9S2/c1-17(35)31-21-15-44-23(27(21)33(19(3)37)29(31)41)11-7-5-9-13-25(39)43-26(40)14-10-6-8-12-24-28-22(16-45-24)32(18(2)36)30(42)34(28)20(4)38/h23-24H,5-16H2,1-4H3. The van der Waals surface area contributed by atoms with Gasteiger partial charge in [-0.2, -0.15) is 0 Å². The molecule has 2 atom stereocenters. The second-order valence-electron chi connectivity index (χ2n) is 11.3. The summed E-state index contributed by atoms with van der Waals surface area (Å²) in [7, 11) is 0. The molecule has 2 aromatic heterocycles. The van der Waals surface area contributed by atoms with Gasteiger partial charge in [-0.25, -0.2) is 27.9 Å². The fourth-order valence-corrected chi connectivity index (χ4v) is 8.79. The second kappa shape index (κ2) is 14.8. The minimum atomic E-state index is -0.619. The molecule has 0 amide bonds. The number of fused-ring (bicyclic) bond motifs is 2. The van der Waals surface area contributed by atoms with Gasteiger partial charge < -0.3 is 4.74 Å². The number of hydrogen-bond donors (Lipinski definition) is 0. The van der Waals surface area contributed by atoms with Crippen molar-refractivity contribution in [1.82, 2.24) is 18.3 Å². The molecule has 0 bridgehead atoms. The highest BCUT2D eigenvalue weighted by molar-refractivity contribution is 7.99. The first-order valence-electron chi connectivity index (χ1n) is 15.1. The van der Waals surface area contributed by atoms with Gasteiger partial charge in [0.2, 0.25) is 23.6 Å². The quantitative estimate of drug-likeness (QED) is 0.178. The molecule has 0 radical (unpaired) electrons. The van der Waals surface area contributed by atoms with Crippen LogP contribution >= 0.6 is 23.5 Å². The number of unbranched alkanes of at least 4 members (excludes halogenated alkanes) is 4. The average molecular weight is 663 g/mol. The van der Waals surface area contributed by atoms with Crippen LogP contribution in [0, 0.1) is 0 Å². The molecule has 2 unspecified atom stereocenters. The Labute approximate surface area is 268 Å². The fraction of sp³-hybridized carbons (Fsp3) is 0.600. The molecular formula is C30H38N4O9S2. The predicted molar refractivity (Wildman–Crippen MR) is 168 cm³/mol. The van der Waals surface area contributed by atoms with E-state index in [2.05, 4.69) is 0 Å². The number of ether oxygens (including phenoxy) is 1. The zero-order valence-corrected chi connectivity index (χ0v) is 27.6. The Morgan fingerprint density at radius 3 is 1.27 bits per heavy atom. The van der Waals surface area contributed by atoms with E-state index >= 15 is 0 Å². The Kier molecular flexibility index (Phi) is 11.3. The number of esters is 2. The molecule has 4 rings (SSSR count). The highest BCUT2D eigenvalue weighted by Gasteiger charge is 2.36. The molecule has 244 valence electrons. The van der Waals surface area contributed by atoms with Crippen molar-refractivity contribution < 1.29 is 33.5 Å². The van der Waals surface area contributed by atoms with E-state index in [1.165, 1.54) is 27.7 Å². The molecule has 4 heterocycles. The van der Waals surface area contributed by atoms with Crippen molar-refractivity contribution in [3.05, 3.63) is 43.7 Å². The van der Waals surface area contributed by atoms with Crippen LogP contribution < -0.4 is 11.4 Å². The van der Waals surface area contributed by atoms with Gasteiger partial charge in [0.05, 0.1) is 22.8 Å². The summed E-state index contributed by atoms with van der Waals surface area (Å²) in [6.07, 6.45) is 5.48. The van der Waals surface area contributed by atoms with Gasteiger partial charge in [-0.15, -0.1) is 23.5 Å². The van der Waals surface area contributed by atoms with Crippen LogP contribution in [0.4, 0.5) is 0 Å². The molecule has 0 spiro atoms. The van der Waals surface area contributed by atoms with Crippen LogP contribution in [0.1, 0.15) is 144 Å². The average Bonchev–Trinajstić information content (AvgIpc) is 3.67. The zero-order valence-electron chi connectivity index (χ0n) is 25.9. The van der Waals surface area contributed by atoms with Crippen LogP contribution in [-0.4, -0.2) is 53.8 Å². The third-order valence-corrected chi connectivity index (χ3v) is 10.6. The lowest BCUT2D eigenvalue weighted by Gasteiger charge is -2.12. The molecular weight excluding hydrogens is 624 g/mol. The van der Waals surface area contributed by atoms with E-state index in [4.69, 9.17) is 4.74 Å². The van der Waals surface area contributed by atoms with Gasteiger partial charge in [0.1, 0.15) is 0 Å². The van der Waals surface area contributed by atoms with Crippen LogP contribution in [0.15, 0.2) is 9.59 Å². The van der Waals surface area contributed by atoms with E-state index in [9.17, 15) is 38.4 Å². The molecule has 45 heavy (non-hydrogen) atoms. The summed E-state index contributed by atoms with van der Waals surface area (Å²) in [4.78, 5) is 97.7. The number of carbonyl (C=O) groups excluding carboxylic acids is 6. The Balaban J connectivity index is 1.13. The molecule has 0 saturated heterocycles. The van der Waals surface area contributed by atoms with Crippen LogP contribution in [0.5, 0.6) is 0 Å². The smallest absolute Gasteiger partial charge is 0.342 e. The normalized spacial score (nSPS) is 16.8. The Bertz CT molecular complexity index is 1540. The van der Waals surface area contributed by atoms with Crippen molar-refractivity contribution in [3.8, 4) is 0 Å². The van der Waals surface area contributed by atoms with Crippen molar-refractivity contribution in [3.63, 3.8) is 0 Å². The monoisotopic (exact) mass is 662 g/mol. The minimum Gasteiger partial charge on any atom is -0.393 e. The Morgan fingerprint density at radius 2 is 0.933 bits per heavy atom. The first kappa shape index (κ1) is 34.4. The fourth-order valence-electron chi connectivity index (χ4n) is 6.06. The molecule has 0 aromatic carbocycles. The Morgan fingerprint density at radius 1 is 0.578 bits per heavy atom. The summed E-state index contributed by atoms with van der Waals surface area (Å²) in [5, 5.41) is -0.193. The first-order chi connectivity index (χ1) is 21.3. The van der Waals surface area contributed by atoms with Gasteiger partial charge in [0.15, 0.2) is 0 Å². The molecule has 2 aliphatic rings. The van der Waals surface area contributed by atoms with E-state index in [1.807, 2.05) is 0 Å². The van der Waals surface area contributed by atoms with Crippen LogP contribution in [0.25, 0.3) is 0 Å². The summed E-state index contributed by atoms with van der Waals surface area (Å²) in [6, 6.07) is 0. The van der Waals surface area contributed by atoms with E-state index in [1.54, 1.807) is 23.5 Å². The van der Waals surface area contributed by atoms with E-state index in [-0.39, 0.29) is 23.3 Å². The van der Waals surface area contributed by atoms with Crippen molar-refractivity contribution in [2.45, 2.75) is 114 Å². The second-order valence-corrected chi connectivity index (χ2v) is 13.7. The van der Waals surface area contributed by atoms with Crippen LogP contribution in [-0.2, 0) is 25.8 Å². The maximum Gasteiger partial charge on any atom is 0.342 e. The van der Waals surface area contributed by atoms with Crippen molar-refractivity contribution >= 4 is 59.1 Å². The molecule has 0 N–H and O–H groups in total. The highest BCUT2D eigenvalue weighted by atomic mass is 32.2. The molecule has 0 saturated carbocycles. The van der Waals surface area contributed by atoms with Gasteiger partial charge in [0.25, 0.3) is 0 Å². The third kappa shape index (κ3) is 7.35. The lowest BCUT2D eigenvalue weighted by Crippen LogP contribution is -2.31. The van der Waals surface area contributed by atoms with Crippen LogP contribution in [0.3, 0.4) is 0 Å². The third-order valence-electron chi connectivity index (χ3n) is 8.01. The first-order valence-corrected chi connectivity index (χ1v) is 17.2. The SMILES string of the molecule is CC(=O)n1c2c(n(C(C)=O)c1=O)C(CCCCCC(=O)OC(=O)CCCCCC1SCc3c1n(C(C)=O)c(=O)n3C(C)=O)SC2. The summed E-state index contributed by atoms with van der Waals surface area (Å²) in [6.45, 7) is 5.20.